The molecule has 0 N–H and O–H groups in total. The third kappa shape index (κ3) is 9.67. The van der Waals surface area contributed by atoms with Gasteiger partial charge in [-0.2, -0.15) is 0 Å². The zero-order chi connectivity index (χ0) is 20.7. The molecule has 3 rings (SSSR count). The highest BCUT2D eigenvalue weighted by atomic mass is 15.1. The first-order valence-corrected chi connectivity index (χ1v) is 12.9. The van der Waals surface area contributed by atoms with Gasteiger partial charge in [0.25, 0.3) is 0 Å². The predicted molar refractivity (Wildman–Crippen MR) is 130 cm³/mol. The van der Waals surface area contributed by atoms with Crippen LogP contribution < -0.4 is 0 Å². The maximum Gasteiger partial charge on any atom is 0.0248 e. The standard InChI is InChI=1S/C28H44N2/c1-2-4-6-8-12-24-30(23-11-7-5-3-1)26-28-19-16-18-27(25-28)17-10-15-22-29-20-13-9-14-21-29/h16,18-19,25H,1-9,11-15,20-24,26H2. The summed E-state index contributed by atoms with van der Waals surface area (Å²) in [5.41, 5.74) is 2.62. The molecular weight excluding hydrogens is 364 g/mol. The minimum absolute atomic E-state index is 0.996. The maximum absolute atomic E-state index is 3.43. The van der Waals surface area contributed by atoms with Gasteiger partial charge in [-0.15, -0.1) is 0 Å². The summed E-state index contributed by atoms with van der Waals surface area (Å²) < 4.78 is 0. The Bertz CT molecular complexity index is 622. The van der Waals surface area contributed by atoms with E-state index < -0.39 is 0 Å². The number of hydrogen-bond donors (Lipinski definition) is 0. The number of benzene rings is 1. The summed E-state index contributed by atoms with van der Waals surface area (Å²) in [6, 6.07) is 9.00. The van der Waals surface area contributed by atoms with E-state index in [0.717, 1.165) is 19.5 Å². The fourth-order valence-electron chi connectivity index (χ4n) is 4.92. The normalized spacial score (nSPS) is 20.9. The summed E-state index contributed by atoms with van der Waals surface area (Å²) in [6.45, 7) is 7.28. The number of likely N-dealkylation sites (tertiary alicyclic amines) is 1. The van der Waals surface area contributed by atoms with E-state index in [1.807, 2.05) is 0 Å². The molecule has 0 unspecified atom stereocenters. The topological polar surface area (TPSA) is 6.48 Å². The Hall–Kier alpha value is -1.30. The van der Waals surface area contributed by atoms with Crippen molar-refractivity contribution in [3.63, 3.8) is 0 Å². The summed E-state index contributed by atoms with van der Waals surface area (Å²) in [5.74, 6) is 6.86. The Labute approximate surface area is 186 Å². The Morgan fingerprint density at radius 2 is 1.17 bits per heavy atom. The van der Waals surface area contributed by atoms with Gasteiger partial charge in [-0.1, -0.05) is 81.8 Å². The minimum Gasteiger partial charge on any atom is -0.302 e. The molecule has 0 spiro atoms. The molecule has 1 aromatic rings. The van der Waals surface area contributed by atoms with Crippen LogP contribution in [0.4, 0.5) is 0 Å². The van der Waals surface area contributed by atoms with Crippen molar-refractivity contribution in [1.82, 2.24) is 9.80 Å². The molecule has 2 nitrogen and oxygen atoms in total. The molecule has 166 valence electrons. The van der Waals surface area contributed by atoms with Crippen molar-refractivity contribution in [1.29, 1.82) is 0 Å². The van der Waals surface area contributed by atoms with Gasteiger partial charge in [0.1, 0.15) is 0 Å². The second-order valence-corrected chi connectivity index (χ2v) is 9.47. The first kappa shape index (κ1) is 23.4. The van der Waals surface area contributed by atoms with Crippen molar-refractivity contribution in [2.45, 2.75) is 96.4 Å². The second kappa shape index (κ2) is 14.7. The highest BCUT2D eigenvalue weighted by Gasteiger charge is 2.09. The van der Waals surface area contributed by atoms with Crippen LogP contribution in [0.1, 0.15) is 101 Å². The molecule has 2 heteroatoms. The van der Waals surface area contributed by atoms with Crippen molar-refractivity contribution in [3.8, 4) is 11.8 Å². The van der Waals surface area contributed by atoms with Crippen LogP contribution in [-0.2, 0) is 6.54 Å². The molecule has 2 saturated heterocycles. The molecule has 0 radical (unpaired) electrons. The molecule has 2 fully saturated rings. The van der Waals surface area contributed by atoms with E-state index in [2.05, 4.69) is 45.9 Å². The molecule has 2 aliphatic heterocycles. The Morgan fingerprint density at radius 3 is 1.80 bits per heavy atom. The van der Waals surface area contributed by atoms with Gasteiger partial charge in [0.2, 0.25) is 0 Å². The van der Waals surface area contributed by atoms with Crippen LogP contribution in [-0.4, -0.2) is 42.5 Å². The zero-order valence-electron chi connectivity index (χ0n) is 19.3. The number of piperidine rings is 1. The Balaban J connectivity index is 1.47. The van der Waals surface area contributed by atoms with Gasteiger partial charge in [0.15, 0.2) is 0 Å². The minimum atomic E-state index is 0.996. The van der Waals surface area contributed by atoms with Crippen molar-refractivity contribution in [3.05, 3.63) is 35.4 Å². The molecule has 0 amide bonds. The van der Waals surface area contributed by atoms with Gasteiger partial charge in [-0.3, -0.25) is 4.90 Å². The lowest BCUT2D eigenvalue weighted by Gasteiger charge is -2.25. The van der Waals surface area contributed by atoms with E-state index in [1.54, 1.807) is 0 Å². The molecule has 30 heavy (non-hydrogen) atoms. The van der Waals surface area contributed by atoms with E-state index in [1.165, 1.54) is 121 Å². The van der Waals surface area contributed by atoms with Crippen molar-refractivity contribution in [2.24, 2.45) is 0 Å². The fourth-order valence-corrected chi connectivity index (χ4v) is 4.92. The van der Waals surface area contributed by atoms with Crippen LogP contribution in [0.2, 0.25) is 0 Å². The van der Waals surface area contributed by atoms with Crippen LogP contribution in [0, 0.1) is 11.8 Å². The Morgan fingerprint density at radius 1 is 0.633 bits per heavy atom. The van der Waals surface area contributed by atoms with Gasteiger partial charge in [0, 0.05) is 25.1 Å². The van der Waals surface area contributed by atoms with Gasteiger partial charge >= 0.3 is 0 Å². The molecule has 2 aliphatic rings. The third-order valence-electron chi connectivity index (χ3n) is 6.77. The quantitative estimate of drug-likeness (QED) is 0.516. The smallest absolute Gasteiger partial charge is 0.0248 e. The largest absolute Gasteiger partial charge is 0.302 e. The maximum atomic E-state index is 3.43. The van der Waals surface area contributed by atoms with Crippen LogP contribution in [0.25, 0.3) is 0 Å². The van der Waals surface area contributed by atoms with Gasteiger partial charge in [0.05, 0.1) is 0 Å². The van der Waals surface area contributed by atoms with Crippen molar-refractivity contribution >= 4 is 0 Å². The van der Waals surface area contributed by atoms with Crippen LogP contribution >= 0.6 is 0 Å². The van der Waals surface area contributed by atoms with Gasteiger partial charge in [-0.25, -0.2) is 0 Å². The summed E-state index contributed by atoms with van der Waals surface area (Å²) in [6.07, 6.45) is 19.3. The number of nitrogens with zero attached hydrogens (tertiary/aromatic N) is 2. The molecule has 1 aromatic carbocycles. The van der Waals surface area contributed by atoms with E-state index in [4.69, 9.17) is 0 Å². The van der Waals surface area contributed by atoms with Crippen molar-refractivity contribution < 1.29 is 0 Å². The average Bonchev–Trinajstić information content (AvgIpc) is 2.80. The molecular formula is C28H44N2. The summed E-state index contributed by atoms with van der Waals surface area (Å²) in [7, 11) is 0. The zero-order valence-corrected chi connectivity index (χ0v) is 19.3. The third-order valence-corrected chi connectivity index (χ3v) is 6.77. The molecule has 0 aliphatic carbocycles. The lowest BCUT2D eigenvalue weighted by Crippen LogP contribution is -2.30. The Kier molecular flexibility index (Phi) is 11.4. The average molecular weight is 409 g/mol. The molecule has 0 atom stereocenters. The summed E-state index contributed by atoms with van der Waals surface area (Å²) >= 11 is 0. The first-order chi connectivity index (χ1) is 14.9. The number of hydrogen-bond acceptors (Lipinski definition) is 2. The second-order valence-electron chi connectivity index (χ2n) is 9.47. The van der Waals surface area contributed by atoms with Gasteiger partial charge in [-0.05, 0) is 69.6 Å². The van der Waals surface area contributed by atoms with E-state index in [-0.39, 0.29) is 0 Å². The van der Waals surface area contributed by atoms with Gasteiger partial charge < -0.3 is 4.90 Å². The predicted octanol–water partition coefficient (Wildman–Crippen LogP) is 6.63. The van der Waals surface area contributed by atoms with E-state index >= 15 is 0 Å². The van der Waals surface area contributed by atoms with E-state index in [9.17, 15) is 0 Å². The SMILES string of the molecule is C(#Cc1cccc(CN2CCCCCCCCCCCC2)c1)CCN1CCCCC1. The lowest BCUT2D eigenvalue weighted by atomic mass is 10.1. The molecule has 0 aromatic heterocycles. The van der Waals surface area contributed by atoms with Crippen LogP contribution in [0.5, 0.6) is 0 Å². The number of rotatable bonds is 4. The lowest BCUT2D eigenvalue weighted by molar-refractivity contribution is 0.234. The van der Waals surface area contributed by atoms with E-state index in [0.29, 0.717) is 0 Å². The summed E-state index contributed by atoms with van der Waals surface area (Å²) in [5, 5.41) is 0. The molecule has 2 heterocycles. The van der Waals surface area contributed by atoms with Crippen LogP contribution in [0.3, 0.4) is 0 Å². The highest BCUT2D eigenvalue weighted by molar-refractivity contribution is 5.37. The molecule has 0 saturated carbocycles. The molecule has 0 bridgehead atoms. The highest BCUT2D eigenvalue weighted by Crippen LogP contribution is 2.15. The monoisotopic (exact) mass is 408 g/mol. The first-order valence-electron chi connectivity index (χ1n) is 12.9. The summed E-state index contributed by atoms with van der Waals surface area (Å²) in [4.78, 5) is 5.27. The fraction of sp³-hybridized carbons (Fsp3) is 0.714. The van der Waals surface area contributed by atoms with Crippen LogP contribution in [0.15, 0.2) is 24.3 Å². The van der Waals surface area contributed by atoms with Crippen molar-refractivity contribution in [2.75, 3.05) is 32.7 Å².